The van der Waals surface area contributed by atoms with Crippen molar-refractivity contribution in [2.24, 2.45) is 0 Å². The molecule has 0 bridgehead atoms. The Morgan fingerprint density at radius 3 is 2.07 bits per heavy atom. The molecule has 0 saturated heterocycles. The lowest BCUT2D eigenvalue weighted by Crippen LogP contribution is -2.32. The fourth-order valence-corrected chi connectivity index (χ4v) is 1.21. The van der Waals surface area contributed by atoms with Crippen LogP contribution in [-0.4, -0.2) is 25.1 Å². The van der Waals surface area contributed by atoms with Crippen LogP contribution in [0.1, 0.15) is 12.5 Å². The van der Waals surface area contributed by atoms with Crippen molar-refractivity contribution in [3.63, 3.8) is 0 Å². The minimum absolute atomic E-state index is 0.269. The summed E-state index contributed by atoms with van der Waals surface area (Å²) in [4.78, 5) is 0. The SMILES string of the molecule is COC(C)(Cc1ccc(O)cc1)OC. The van der Waals surface area contributed by atoms with Crippen LogP contribution in [0.4, 0.5) is 0 Å². The van der Waals surface area contributed by atoms with Gasteiger partial charge in [0.2, 0.25) is 0 Å². The van der Waals surface area contributed by atoms with Crippen LogP contribution in [0.2, 0.25) is 0 Å². The van der Waals surface area contributed by atoms with Crippen molar-refractivity contribution in [1.82, 2.24) is 0 Å². The number of rotatable bonds is 4. The maximum Gasteiger partial charge on any atom is 0.168 e. The number of phenols is 1. The first kappa shape index (κ1) is 11.0. The van der Waals surface area contributed by atoms with E-state index in [1.807, 2.05) is 19.1 Å². The van der Waals surface area contributed by atoms with Gasteiger partial charge in [-0.1, -0.05) is 12.1 Å². The molecule has 14 heavy (non-hydrogen) atoms. The van der Waals surface area contributed by atoms with Gasteiger partial charge in [-0.05, 0) is 24.6 Å². The van der Waals surface area contributed by atoms with Crippen molar-refractivity contribution in [3.8, 4) is 5.75 Å². The van der Waals surface area contributed by atoms with E-state index in [0.717, 1.165) is 5.56 Å². The lowest BCUT2D eigenvalue weighted by molar-refractivity contribution is -0.191. The van der Waals surface area contributed by atoms with Crippen LogP contribution in [0, 0.1) is 0 Å². The molecule has 1 aromatic rings. The van der Waals surface area contributed by atoms with Gasteiger partial charge >= 0.3 is 0 Å². The van der Waals surface area contributed by atoms with E-state index in [1.165, 1.54) is 0 Å². The summed E-state index contributed by atoms with van der Waals surface area (Å²) < 4.78 is 10.5. The number of benzene rings is 1. The Bertz CT molecular complexity index is 275. The number of ether oxygens (including phenoxy) is 2. The fourth-order valence-electron chi connectivity index (χ4n) is 1.21. The van der Waals surface area contributed by atoms with Crippen molar-refractivity contribution in [3.05, 3.63) is 29.8 Å². The van der Waals surface area contributed by atoms with Crippen LogP contribution < -0.4 is 0 Å². The van der Waals surface area contributed by atoms with Crippen LogP contribution >= 0.6 is 0 Å². The Labute approximate surface area is 84.3 Å². The lowest BCUT2D eigenvalue weighted by atomic mass is 10.1. The summed E-state index contributed by atoms with van der Waals surface area (Å²) >= 11 is 0. The minimum atomic E-state index is -0.600. The first-order valence-corrected chi connectivity index (χ1v) is 4.48. The van der Waals surface area contributed by atoms with E-state index in [1.54, 1.807) is 26.4 Å². The molecule has 0 saturated carbocycles. The van der Waals surface area contributed by atoms with Crippen LogP contribution in [0.15, 0.2) is 24.3 Å². The number of phenolic OH excluding ortho intramolecular Hbond substituents is 1. The molecule has 0 aromatic heterocycles. The first-order valence-electron chi connectivity index (χ1n) is 4.48. The zero-order chi connectivity index (χ0) is 10.6. The van der Waals surface area contributed by atoms with Gasteiger partial charge in [-0.15, -0.1) is 0 Å². The average Bonchev–Trinajstić information content (AvgIpc) is 2.21. The summed E-state index contributed by atoms with van der Waals surface area (Å²) in [6, 6.07) is 7.01. The van der Waals surface area contributed by atoms with E-state index in [4.69, 9.17) is 14.6 Å². The standard InChI is InChI=1S/C11H16O3/c1-11(13-2,14-3)8-9-4-6-10(12)7-5-9/h4-7,12H,8H2,1-3H3. The molecule has 1 rings (SSSR count). The van der Waals surface area contributed by atoms with Gasteiger partial charge in [0.05, 0.1) is 0 Å². The van der Waals surface area contributed by atoms with Crippen LogP contribution in [0.3, 0.4) is 0 Å². The highest BCUT2D eigenvalue weighted by atomic mass is 16.7. The van der Waals surface area contributed by atoms with Gasteiger partial charge in [0.1, 0.15) is 5.75 Å². The molecule has 3 heteroatoms. The van der Waals surface area contributed by atoms with Gasteiger partial charge in [0, 0.05) is 20.6 Å². The molecule has 0 atom stereocenters. The van der Waals surface area contributed by atoms with E-state index in [9.17, 15) is 0 Å². The number of methoxy groups -OCH3 is 2. The van der Waals surface area contributed by atoms with Gasteiger partial charge in [0.25, 0.3) is 0 Å². The fraction of sp³-hybridized carbons (Fsp3) is 0.455. The number of hydrogen-bond acceptors (Lipinski definition) is 3. The van der Waals surface area contributed by atoms with E-state index in [0.29, 0.717) is 6.42 Å². The normalized spacial score (nSPS) is 11.6. The predicted octanol–water partition coefficient (Wildman–Crippen LogP) is 1.94. The van der Waals surface area contributed by atoms with Gasteiger partial charge in [-0.3, -0.25) is 0 Å². The molecular weight excluding hydrogens is 180 g/mol. The maximum atomic E-state index is 9.11. The zero-order valence-electron chi connectivity index (χ0n) is 8.78. The van der Waals surface area contributed by atoms with Crippen LogP contribution in [0.25, 0.3) is 0 Å². The van der Waals surface area contributed by atoms with Crippen molar-refractivity contribution in [1.29, 1.82) is 0 Å². The van der Waals surface area contributed by atoms with Crippen molar-refractivity contribution >= 4 is 0 Å². The summed E-state index contributed by atoms with van der Waals surface area (Å²) in [7, 11) is 3.23. The van der Waals surface area contributed by atoms with E-state index in [2.05, 4.69) is 0 Å². The molecule has 78 valence electrons. The summed E-state index contributed by atoms with van der Waals surface area (Å²) in [5.41, 5.74) is 1.06. The second kappa shape index (κ2) is 4.44. The monoisotopic (exact) mass is 196 g/mol. The molecular formula is C11H16O3. The Kier molecular flexibility index (Phi) is 3.49. The first-order chi connectivity index (χ1) is 6.59. The summed E-state index contributed by atoms with van der Waals surface area (Å²) in [5, 5.41) is 9.11. The maximum absolute atomic E-state index is 9.11. The average molecular weight is 196 g/mol. The molecule has 0 heterocycles. The Balaban J connectivity index is 2.72. The Morgan fingerprint density at radius 1 is 1.14 bits per heavy atom. The van der Waals surface area contributed by atoms with Crippen molar-refractivity contribution in [2.75, 3.05) is 14.2 Å². The lowest BCUT2D eigenvalue weighted by Gasteiger charge is -2.26. The van der Waals surface area contributed by atoms with Gasteiger partial charge in [0.15, 0.2) is 5.79 Å². The second-order valence-electron chi connectivity index (χ2n) is 3.39. The Hall–Kier alpha value is -1.06. The van der Waals surface area contributed by atoms with Crippen molar-refractivity contribution in [2.45, 2.75) is 19.1 Å². The van der Waals surface area contributed by atoms with Crippen LogP contribution in [-0.2, 0) is 15.9 Å². The van der Waals surface area contributed by atoms with Crippen LogP contribution in [0.5, 0.6) is 5.75 Å². The van der Waals surface area contributed by atoms with Gasteiger partial charge in [-0.2, -0.15) is 0 Å². The predicted molar refractivity (Wildman–Crippen MR) is 54.2 cm³/mol. The topological polar surface area (TPSA) is 38.7 Å². The summed E-state index contributed by atoms with van der Waals surface area (Å²) in [6.45, 7) is 1.87. The molecule has 0 aliphatic carbocycles. The molecule has 0 unspecified atom stereocenters. The molecule has 0 aliphatic heterocycles. The summed E-state index contributed by atoms with van der Waals surface area (Å²) in [5.74, 6) is -0.331. The highest BCUT2D eigenvalue weighted by Gasteiger charge is 2.22. The molecule has 1 N–H and O–H groups in total. The molecule has 0 amide bonds. The molecule has 0 aliphatic rings. The molecule has 0 spiro atoms. The molecule has 1 aromatic carbocycles. The molecule has 0 radical (unpaired) electrons. The third-order valence-corrected chi connectivity index (χ3v) is 2.33. The molecule has 0 fully saturated rings. The minimum Gasteiger partial charge on any atom is -0.508 e. The highest BCUT2D eigenvalue weighted by molar-refractivity contribution is 5.26. The zero-order valence-corrected chi connectivity index (χ0v) is 8.78. The quantitative estimate of drug-likeness (QED) is 0.748. The van der Waals surface area contributed by atoms with E-state index < -0.39 is 5.79 Å². The second-order valence-corrected chi connectivity index (χ2v) is 3.39. The molecule has 3 nitrogen and oxygen atoms in total. The van der Waals surface area contributed by atoms with Gasteiger partial charge < -0.3 is 14.6 Å². The van der Waals surface area contributed by atoms with Gasteiger partial charge in [-0.25, -0.2) is 0 Å². The van der Waals surface area contributed by atoms with Crippen molar-refractivity contribution < 1.29 is 14.6 Å². The highest BCUT2D eigenvalue weighted by Crippen LogP contribution is 2.19. The van der Waals surface area contributed by atoms with E-state index >= 15 is 0 Å². The number of hydrogen-bond donors (Lipinski definition) is 1. The smallest absolute Gasteiger partial charge is 0.168 e. The third kappa shape index (κ3) is 2.72. The number of aromatic hydroxyl groups is 1. The third-order valence-electron chi connectivity index (χ3n) is 2.33. The Morgan fingerprint density at radius 2 is 1.64 bits per heavy atom. The largest absolute Gasteiger partial charge is 0.508 e. The summed E-state index contributed by atoms with van der Waals surface area (Å²) in [6.07, 6.45) is 0.653. The van der Waals surface area contributed by atoms with E-state index in [-0.39, 0.29) is 5.75 Å².